The second kappa shape index (κ2) is 4.49. The molecule has 3 rings (SSSR count). The molecule has 0 fully saturated rings. The van der Waals surface area contributed by atoms with Crippen LogP contribution in [-0.2, 0) is 0 Å². The Bertz CT molecular complexity index is 739. The molecule has 5 nitrogen and oxygen atoms in total. The van der Waals surface area contributed by atoms with E-state index in [1.54, 1.807) is 24.3 Å². The molecular formula is C13H9FN4O. The van der Waals surface area contributed by atoms with E-state index in [-0.39, 0.29) is 17.7 Å². The summed E-state index contributed by atoms with van der Waals surface area (Å²) in [5.74, 6) is -0.474. The summed E-state index contributed by atoms with van der Waals surface area (Å²) in [6.07, 6.45) is 1.29. The lowest BCUT2D eigenvalue weighted by atomic mass is 10.0. The topological polar surface area (TPSA) is 70.7 Å². The number of H-pyrrole nitrogens is 1. The summed E-state index contributed by atoms with van der Waals surface area (Å²) in [5, 5.41) is 9.69. The number of benzene rings is 2. The van der Waals surface area contributed by atoms with Gasteiger partial charge in [-0.1, -0.05) is 24.3 Å². The van der Waals surface area contributed by atoms with Crippen molar-refractivity contribution in [2.24, 2.45) is 0 Å². The number of halogens is 1. The van der Waals surface area contributed by atoms with E-state index in [0.717, 1.165) is 0 Å². The highest BCUT2D eigenvalue weighted by atomic mass is 19.1. The van der Waals surface area contributed by atoms with E-state index in [1.807, 2.05) is 0 Å². The number of nitrogens with one attached hydrogen (secondary N) is 2. The predicted octanol–water partition coefficient (Wildman–Crippen LogP) is 2.35. The summed E-state index contributed by atoms with van der Waals surface area (Å²) >= 11 is 0. The fourth-order valence-electron chi connectivity index (χ4n) is 1.90. The number of carbonyl (C=O) groups is 1. The first-order valence-corrected chi connectivity index (χ1v) is 5.59. The quantitative estimate of drug-likeness (QED) is 0.739. The molecule has 2 N–H and O–H groups in total. The van der Waals surface area contributed by atoms with Gasteiger partial charge in [-0.25, -0.2) is 9.49 Å². The standard InChI is InChI=1S/C13H9FN4O/c14-11-6-5-10(8-3-1-2-4-9(8)11)12(19)17-13-15-7-16-18-13/h1-7H,(H2,15,16,17,18,19). The Balaban J connectivity index is 2.05. The Morgan fingerprint density at radius 2 is 1.95 bits per heavy atom. The van der Waals surface area contributed by atoms with Crippen LogP contribution < -0.4 is 5.32 Å². The van der Waals surface area contributed by atoms with Gasteiger partial charge < -0.3 is 0 Å². The Hall–Kier alpha value is -2.76. The van der Waals surface area contributed by atoms with Crippen molar-refractivity contribution >= 4 is 22.6 Å². The average molecular weight is 256 g/mol. The fraction of sp³-hybridized carbons (Fsp3) is 0. The molecule has 6 heteroatoms. The SMILES string of the molecule is O=C(Nc1ncn[nH]1)c1ccc(F)c2ccccc12. The largest absolute Gasteiger partial charge is 0.291 e. The van der Waals surface area contributed by atoms with Gasteiger partial charge in [0.1, 0.15) is 12.1 Å². The zero-order valence-electron chi connectivity index (χ0n) is 9.72. The van der Waals surface area contributed by atoms with Crippen molar-refractivity contribution in [2.75, 3.05) is 5.32 Å². The van der Waals surface area contributed by atoms with Crippen molar-refractivity contribution in [3.8, 4) is 0 Å². The van der Waals surface area contributed by atoms with Crippen molar-refractivity contribution in [1.29, 1.82) is 0 Å². The number of hydrogen-bond donors (Lipinski definition) is 2. The van der Waals surface area contributed by atoms with Crippen LogP contribution in [0.25, 0.3) is 10.8 Å². The van der Waals surface area contributed by atoms with E-state index in [4.69, 9.17) is 0 Å². The molecule has 0 atom stereocenters. The van der Waals surface area contributed by atoms with Crippen molar-refractivity contribution in [1.82, 2.24) is 15.2 Å². The molecule has 0 saturated heterocycles. The molecule has 0 aliphatic heterocycles. The molecule has 19 heavy (non-hydrogen) atoms. The maximum Gasteiger partial charge on any atom is 0.258 e. The highest BCUT2D eigenvalue weighted by Gasteiger charge is 2.13. The van der Waals surface area contributed by atoms with Crippen LogP contribution in [0.1, 0.15) is 10.4 Å². The van der Waals surface area contributed by atoms with Crippen molar-refractivity contribution < 1.29 is 9.18 Å². The minimum atomic E-state index is -0.368. The number of anilines is 1. The van der Waals surface area contributed by atoms with Crippen molar-refractivity contribution in [3.63, 3.8) is 0 Å². The number of fused-ring (bicyclic) bond motifs is 1. The summed E-state index contributed by atoms with van der Waals surface area (Å²) in [5.41, 5.74) is 0.383. The number of aromatic nitrogens is 3. The Morgan fingerprint density at radius 3 is 2.68 bits per heavy atom. The molecule has 94 valence electrons. The van der Waals surface area contributed by atoms with Crippen LogP contribution in [0.3, 0.4) is 0 Å². The van der Waals surface area contributed by atoms with Crippen LogP contribution in [0.15, 0.2) is 42.7 Å². The second-order valence-corrected chi connectivity index (χ2v) is 3.93. The summed E-state index contributed by atoms with van der Waals surface area (Å²) in [7, 11) is 0. The van der Waals surface area contributed by atoms with E-state index >= 15 is 0 Å². The van der Waals surface area contributed by atoms with E-state index < -0.39 is 0 Å². The zero-order valence-corrected chi connectivity index (χ0v) is 9.72. The van der Waals surface area contributed by atoms with Crippen LogP contribution >= 0.6 is 0 Å². The third kappa shape index (κ3) is 2.03. The molecule has 0 unspecified atom stereocenters. The Morgan fingerprint density at radius 1 is 1.16 bits per heavy atom. The maximum absolute atomic E-state index is 13.6. The lowest BCUT2D eigenvalue weighted by Crippen LogP contribution is -2.13. The molecule has 0 spiro atoms. The van der Waals surface area contributed by atoms with E-state index in [9.17, 15) is 9.18 Å². The molecule has 0 radical (unpaired) electrons. The van der Waals surface area contributed by atoms with Crippen LogP contribution in [0, 0.1) is 5.82 Å². The first kappa shape index (κ1) is 11.3. The maximum atomic E-state index is 13.6. The third-order valence-corrected chi connectivity index (χ3v) is 2.76. The highest BCUT2D eigenvalue weighted by Crippen LogP contribution is 2.22. The van der Waals surface area contributed by atoms with Gasteiger partial charge in [-0.2, -0.15) is 10.1 Å². The number of rotatable bonds is 2. The van der Waals surface area contributed by atoms with Gasteiger partial charge in [-0.3, -0.25) is 10.1 Å². The van der Waals surface area contributed by atoms with Gasteiger partial charge in [0, 0.05) is 10.9 Å². The number of amides is 1. The van der Waals surface area contributed by atoms with Gasteiger partial charge in [0.05, 0.1) is 0 Å². The minimum Gasteiger partial charge on any atom is -0.291 e. The molecule has 3 aromatic rings. The van der Waals surface area contributed by atoms with Crippen LogP contribution in [-0.4, -0.2) is 21.1 Å². The number of aromatic amines is 1. The molecular weight excluding hydrogens is 247 g/mol. The first-order valence-electron chi connectivity index (χ1n) is 5.59. The van der Waals surface area contributed by atoms with Gasteiger partial charge in [-0.15, -0.1) is 0 Å². The van der Waals surface area contributed by atoms with Gasteiger partial charge in [-0.05, 0) is 17.5 Å². The van der Waals surface area contributed by atoms with Gasteiger partial charge >= 0.3 is 0 Å². The minimum absolute atomic E-state index is 0.249. The molecule has 0 bridgehead atoms. The molecule has 0 aliphatic rings. The number of carbonyl (C=O) groups excluding carboxylic acids is 1. The lowest BCUT2D eigenvalue weighted by Gasteiger charge is -2.06. The van der Waals surface area contributed by atoms with E-state index in [1.165, 1.54) is 18.5 Å². The predicted molar refractivity (Wildman–Crippen MR) is 68.2 cm³/mol. The van der Waals surface area contributed by atoms with Gasteiger partial charge in [0.25, 0.3) is 5.91 Å². The zero-order chi connectivity index (χ0) is 13.2. The second-order valence-electron chi connectivity index (χ2n) is 3.93. The monoisotopic (exact) mass is 256 g/mol. The van der Waals surface area contributed by atoms with Crippen LogP contribution in [0.5, 0.6) is 0 Å². The average Bonchev–Trinajstić information content (AvgIpc) is 2.92. The number of nitrogens with zero attached hydrogens (tertiary/aromatic N) is 2. The smallest absolute Gasteiger partial charge is 0.258 e. The van der Waals surface area contributed by atoms with Crippen molar-refractivity contribution in [3.05, 3.63) is 54.1 Å². The van der Waals surface area contributed by atoms with Crippen molar-refractivity contribution in [2.45, 2.75) is 0 Å². The van der Waals surface area contributed by atoms with Crippen LogP contribution in [0.2, 0.25) is 0 Å². The number of hydrogen-bond acceptors (Lipinski definition) is 3. The molecule has 2 aromatic carbocycles. The van der Waals surface area contributed by atoms with Gasteiger partial charge in [0.15, 0.2) is 0 Å². The highest BCUT2D eigenvalue weighted by molar-refractivity contribution is 6.12. The third-order valence-electron chi connectivity index (χ3n) is 2.76. The summed E-state index contributed by atoms with van der Waals surface area (Å²) < 4.78 is 13.6. The van der Waals surface area contributed by atoms with Crippen LogP contribution in [0.4, 0.5) is 10.3 Å². The summed E-state index contributed by atoms with van der Waals surface area (Å²) in [6.45, 7) is 0. The molecule has 0 aliphatic carbocycles. The van der Waals surface area contributed by atoms with E-state index in [0.29, 0.717) is 16.3 Å². The molecule has 1 heterocycles. The Kier molecular flexibility index (Phi) is 2.68. The Labute approximate surface area is 107 Å². The summed E-state index contributed by atoms with van der Waals surface area (Å²) in [6, 6.07) is 9.54. The molecule has 1 amide bonds. The molecule has 1 aromatic heterocycles. The summed E-state index contributed by atoms with van der Waals surface area (Å²) in [4.78, 5) is 15.9. The first-order chi connectivity index (χ1) is 9.25. The lowest BCUT2D eigenvalue weighted by molar-refractivity contribution is 0.102. The molecule has 0 saturated carbocycles. The normalized spacial score (nSPS) is 10.6. The van der Waals surface area contributed by atoms with Gasteiger partial charge in [0.2, 0.25) is 5.95 Å². The fourth-order valence-corrected chi connectivity index (χ4v) is 1.90. The van der Waals surface area contributed by atoms with E-state index in [2.05, 4.69) is 20.5 Å².